The van der Waals surface area contributed by atoms with Crippen LogP contribution in [0.5, 0.6) is 5.75 Å². The summed E-state index contributed by atoms with van der Waals surface area (Å²) < 4.78 is 5.85. The van der Waals surface area contributed by atoms with Crippen LogP contribution in [-0.2, 0) is 0 Å². The molecule has 0 spiro atoms. The Hall–Kier alpha value is -2.36. The summed E-state index contributed by atoms with van der Waals surface area (Å²) in [5, 5.41) is 3.05. The number of pyridine rings is 1. The molecule has 1 heterocycles. The van der Waals surface area contributed by atoms with E-state index in [0.717, 1.165) is 30.0 Å². The average molecular weight is 310 g/mol. The number of nitrogens with zero attached hydrogens (tertiary/aromatic N) is 1. The molecule has 0 radical (unpaired) electrons. The molecular formula is C19H22N2O2. The minimum atomic E-state index is -0.0374. The van der Waals surface area contributed by atoms with E-state index in [1.165, 1.54) is 0 Å². The SMILES string of the molecule is Cc1cc(C(=O)NCC2(COc3ccccc3)CC2)cc(C)n1. The molecule has 1 saturated carbocycles. The smallest absolute Gasteiger partial charge is 0.251 e. The number of ether oxygens (including phenoxy) is 1. The Bertz CT molecular complexity index is 674. The number of hydrogen-bond donors (Lipinski definition) is 1. The predicted molar refractivity (Wildman–Crippen MR) is 89.6 cm³/mol. The summed E-state index contributed by atoms with van der Waals surface area (Å²) in [5.41, 5.74) is 2.49. The van der Waals surface area contributed by atoms with Gasteiger partial charge in [-0.15, -0.1) is 0 Å². The summed E-state index contributed by atoms with van der Waals surface area (Å²) in [4.78, 5) is 16.6. The maximum atomic E-state index is 12.3. The zero-order valence-electron chi connectivity index (χ0n) is 13.6. The molecule has 0 aliphatic heterocycles. The zero-order chi connectivity index (χ0) is 16.3. The van der Waals surface area contributed by atoms with Crippen LogP contribution in [0.1, 0.15) is 34.6 Å². The molecule has 4 nitrogen and oxygen atoms in total. The van der Waals surface area contributed by atoms with E-state index in [0.29, 0.717) is 18.7 Å². The highest BCUT2D eigenvalue weighted by molar-refractivity contribution is 5.94. The van der Waals surface area contributed by atoms with E-state index >= 15 is 0 Å². The van der Waals surface area contributed by atoms with Gasteiger partial charge in [0, 0.05) is 28.9 Å². The van der Waals surface area contributed by atoms with Crippen molar-refractivity contribution in [3.05, 3.63) is 59.4 Å². The van der Waals surface area contributed by atoms with Crippen molar-refractivity contribution in [2.24, 2.45) is 5.41 Å². The van der Waals surface area contributed by atoms with Crippen molar-refractivity contribution in [3.8, 4) is 5.75 Å². The summed E-state index contributed by atoms with van der Waals surface area (Å²) in [5.74, 6) is 0.843. The third-order valence-corrected chi connectivity index (χ3v) is 4.21. The third kappa shape index (κ3) is 4.09. The Morgan fingerprint density at radius 1 is 1.17 bits per heavy atom. The molecule has 23 heavy (non-hydrogen) atoms. The molecule has 4 heteroatoms. The van der Waals surface area contributed by atoms with Crippen molar-refractivity contribution < 1.29 is 9.53 Å². The van der Waals surface area contributed by atoms with E-state index < -0.39 is 0 Å². The Balaban J connectivity index is 1.54. The Morgan fingerprint density at radius 2 is 1.83 bits per heavy atom. The number of amides is 1. The molecule has 1 aliphatic carbocycles. The summed E-state index contributed by atoms with van der Waals surface area (Å²) >= 11 is 0. The lowest BCUT2D eigenvalue weighted by molar-refractivity contribution is 0.0937. The molecule has 1 aliphatic rings. The van der Waals surface area contributed by atoms with Crippen LogP contribution in [0, 0.1) is 19.3 Å². The molecule has 1 aromatic heterocycles. The van der Waals surface area contributed by atoms with Crippen LogP contribution in [0.25, 0.3) is 0 Å². The van der Waals surface area contributed by atoms with Gasteiger partial charge in [-0.1, -0.05) is 18.2 Å². The highest BCUT2D eigenvalue weighted by Gasteiger charge is 2.43. The topological polar surface area (TPSA) is 51.2 Å². The quantitative estimate of drug-likeness (QED) is 0.891. The van der Waals surface area contributed by atoms with Crippen LogP contribution in [0.3, 0.4) is 0 Å². The van der Waals surface area contributed by atoms with Crippen molar-refractivity contribution in [2.75, 3.05) is 13.2 Å². The van der Waals surface area contributed by atoms with Gasteiger partial charge in [-0.25, -0.2) is 0 Å². The average Bonchev–Trinajstić information content (AvgIpc) is 3.31. The molecule has 0 unspecified atom stereocenters. The molecular weight excluding hydrogens is 288 g/mol. The monoisotopic (exact) mass is 310 g/mol. The lowest BCUT2D eigenvalue weighted by atomic mass is 10.1. The van der Waals surface area contributed by atoms with Gasteiger partial charge < -0.3 is 10.1 Å². The Labute approximate surface area is 136 Å². The van der Waals surface area contributed by atoms with E-state index in [4.69, 9.17) is 4.74 Å². The zero-order valence-corrected chi connectivity index (χ0v) is 13.6. The van der Waals surface area contributed by atoms with E-state index in [2.05, 4.69) is 10.3 Å². The van der Waals surface area contributed by atoms with Crippen molar-refractivity contribution in [3.63, 3.8) is 0 Å². The van der Waals surface area contributed by atoms with Crippen molar-refractivity contribution in [2.45, 2.75) is 26.7 Å². The molecule has 3 rings (SSSR count). The van der Waals surface area contributed by atoms with Gasteiger partial charge in [-0.3, -0.25) is 9.78 Å². The van der Waals surface area contributed by atoms with Gasteiger partial charge in [0.15, 0.2) is 0 Å². The van der Waals surface area contributed by atoms with Gasteiger partial charge in [-0.05, 0) is 51.0 Å². The number of rotatable bonds is 6. The fourth-order valence-electron chi connectivity index (χ4n) is 2.64. The van der Waals surface area contributed by atoms with E-state index in [-0.39, 0.29) is 11.3 Å². The van der Waals surface area contributed by atoms with Crippen molar-refractivity contribution in [1.82, 2.24) is 10.3 Å². The second-order valence-corrected chi connectivity index (χ2v) is 6.42. The molecule has 1 N–H and O–H groups in total. The maximum Gasteiger partial charge on any atom is 0.251 e. The van der Waals surface area contributed by atoms with E-state index in [1.807, 2.05) is 56.3 Å². The predicted octanol–water partition coefficient (Wildman–Crippen LogP) is 3.29. The number of benzene rings is 1. The van der Waals surface area contributed by atoms with Crippen LogP contribution < -0.4 is 10.1 Å². The lowest BCUT2D eigenvalue weighted by Crippen LogP contribution is -2.33. The molecule has 120 valence electrons. The van der Waals surface area contributed by atoms with Crippen LogP contribution >= 0.6 is 0 Å². The Morgan fingerprint density at radius 3 is 2.43 bits per heavy atom. The number of para-hydroxylation sites is 1. The second kappa shape index (κ2) is 6.41. The minimum Gasteiger partial charge on any atom is -0.493 e. The van der Waals surface area contributed by atoms with E-state index in [1.54, 1.807) is 0 Å². The molecule has 0 saturated heterocycles. The highest BCUT2D eigenvalue weighted by Crippen LogP contribution is 2.45. The van der Waals surface area contributed by atoms with Crippen LogP contribution in [0.2, 0.25) is 0 Å². The molecule has 2 aromatic rings. The van der Waals surface area contributed by atoms with E-state index in [9.17, 15) is 4.79 Å². The van der Waals surface area contributed by atoms with Crippen molar-refractivity contribution >= 4 is 5.91 Å². The first kappa shape index (κ1) is 15.5. The summed E-state index contributed by atoms with van der Waals surface area (Å²) in [6, 6.07) is 13.5. The van der Waals surface area contributed by atoms with Crippen LogP contribution in [0.4, 0.5) is 0 Å². The first-order valence-electron chi connectivity index (χ1n) is 7.98. The highest BCUT2D eigenvalue weighted by atomic mass is 16.5. The van der Waals surface area contributed by atoms with Crippen molar-refractivity contribution in [1.29, 1.82) is 0 Å². The number of aromatic nitrogens is 1. The first-order chi connectivity index (χ1) is 11.1. The summed E-state index contributed by atoms with van der Waals surface area (Å²) in [7, 11) is 0. The fraction of sp³-hybridized carbons (Fsp3) is 0.368. The molecule has 1 amide bonds. The van der Waals surface area contributed by atoms with Gasteiger partial charge in [0.1, 0.15) is 5.75 Å². The fourth-order valence-corrected chi connectivity index (χ4v) is 2.64. The van der Waals surface area contributed by atoms with Crippen LogP contribution in [0.15, 0.2) is 42.5 Å². The second-order valence-electron chi connectivity index (χ2n) is 6.42. The standard InChI is InChI=1S/C19H22N2O2/c1-14-10-16(11-15(2)21-14)18(22)20-12-19(8-9-19)13-23-17-6-4-3-5-7-17/h3-7,10-11H,8-9,12-13H2,1-2H3,(H,20,22). The molecule has 1 aromatic carbocycles. The van der Waals surface area contributed by atoms with Gasteiger partial charge >= 0.3 is 0 Å². The Kier molecular flexibility index (Phi) is 4.33. The van der Waals surface area contributed by atoms with Gasteiger partial charge in [0.05, 0.1) is 6.61 Å². The first-order valence-corrected chi connectivity index (χ1v) is 7.98. The number of carbonyl (C=O) groups excluding carboxylic acids is 1. The summed E-state index contributed by atoms with van der Waals surface area (Å²) in [6.07, 6.45) is 2.18. The minimum absolute atomic E-state index is 0.0374. The normalized spacial score (nSPS) is 15.0. The number of nitrogens with one attached hydrogen (secondary N) is 1. The van der Waals surface area contributed by atoms with Gasteiger partial charge in [0.25, 0.3) is 5.91 Å². The maximum absolute atomic E-state index is 12.3. The number of aryl methyl sites for hydroxylation is 2. The van der Waals surface area contributed by atoms with Gasteiger partial charge in [0.2, 0.25) is 0 Å². The molecule has 0 bridgehead atoms. The molecule has 1 fully saturated rings. The number of carbonyl (C=O) groups is 1. The lowest BCUT2D eigenvalue weighted by Gasteiger charge is -2.17. The summed E-state index contributed by atoms with van der Waals surface area (Å²) in [6.45, 7) is 5.10. The third-order valence-electron chi connectivity index (χ3n) is 4.21. The largest absolute Gasteiger partial charge is 0.493 e. The van der Waals surface area contributed by atoms with Crippen LogP contribution in [-0.4, -0.2) is 24.0 Å². The molecule has 0 atom stereocenters. The number of hydrogen-bond acceptors (Lipinski definition) is 3. The van der Waals surface area contributed by atoms with Gasteiger partial charge in [-0.2, -0.15) is 0 Å².